The van der Waals surface area contributed by atoms with Gasteiger partial charge in [0.1, 0.15) is 5.82 Å². The van der Waals surface area contributed by atoms with E-state index in [4.69, 9.17) is 0 Å². The molecule has 0 spiro atoms. The minimum Gasteiger partial charge on any atom is -0.257 e. The maximum absolute atomic E-state index is 13.0. The highest BCUT2D eigenvalue weighted by molar-refractivity contribution is 5.79. The lowest BCUT2D eigenvalue weighted by Gasteiger charge is -2.04. The number of benzene rings is 2. The third kappa shape index (κ3) is 5.03. The van der Waals surface area contributed by atoms with Crippen LogP contribution in [-0.2, 0) is 0 Å². The molecule has 0 radical (unpaired) electrons. The van der Waals surface area contributed by atoms with Crippen LogP contribution in [0.2, 0.25) is 0 Å². The molecular formula is C21H22FN. The molecule has 118 valence electrons. The smallest absolute Gasteiger partial charge is 0.123 e. The number of rotatable bonds is 6. The molecule has 0 saturated carbocycles. The lowest BCUT2D eigenvalue weighted by molar-refractivity contribution is 0.628. The van der Waals surface area contributed by atoms with Crippen LogP contribution in [0.1, 0.15) is 25.8 Å². The first-order valence-corrected chi connectivity index (χ1v) is 7.86. The van der Waals surface area contributed by atoms with Crippen molar-refractivity contribution in [1.29, 1.82) is 0 Å². The average Bonchev–Trinajstić information content (AvgIpc) is 2.59. The monoisotopic (exact) mass is 307 g/mol. The number of nitrogens with zero attached hydrogens (tertiary/aromatic N) is 1. The predicted octanol–water partition coefficient (Wildman–Crippen LogP) is 6.14. The predicted molar refractivity (Wildman–Crippen MR) is 98.0 cm³/mol. The molecule has 0 aliphatic rings. The minimum atomic E-state index is -0.224. The molecule has 1 atom stereocenters. The average molecular weight is 307 g/mol. The highest BCUT2D eigenvalue weighted by Gasteiger charge is 2.00. The molecule has 0 aromatic heterocycles. The molecule has 1 nitrogen and oxygen atoms in total. The Hall–Kier alpha value is -2.48. The molecule has 2 aromatic rings. The van der Waals surface area contributed by atoms with Crippen molar-refractivity contribution < 1.29 is 4.39 Å². The van der Waals surface area contributed by atoms with Crippen LogP contribution in [0.4, 0.5) is 4.39 Å². The summed E-state index contributed by atoms with van der Waals surface area (Å²) >= 11 is 0. The highest BCUT2D eigenvalue weighted by atomic mass is 19.1. The van der Waals surface area contributed by atoms with E-state index in [0.29, 0.717) is 5.92 Å². The molecule has 0 N–H and O–H groups in total. The van der Waals surface area contributed by atoms with Gasteiger partial charge in [0.25, 0.3) is 0 Å². The first kappa shape index (κ1) is 16.9. The summed E-state index contributed by atoms with van der Waals surface area (Å²) in [4.78, 5) is 4.36. The summed E-state index contributed by atoms with van der Waals surface area (Å²) in [5.74, 6) is 0.336. The summed E-state index contributed by atoms with van der Waals surface area (Å²) < 4.78 is 13.0. The molecule has 0 aliphatic carbocycles. The second-order valence-corrected chi connectivity index (χ2v) is 5.58. The van der Waals surface area contributed by atoms with Gasteiger partial charge in [-0.25, -0.2) is 4.39 Å². The maximum Gasteiger partial charge on any atom is 0.123 e. The second-order valence-electron chi connectivity index (χ2n) is 5.58. The van der Waals surface area contributed by atoms with Gasteiger partial charge in [-0.05, 0) is 40.8 Å². The number of hydrogen-bond acceptors (Lipinski definition) is 1. The normalized spacial score (nSPS) is 12.8. The van der Waals surface area contributed by atoms with Crippen LogP contribution in [0.25, 0.3) is 16.8 Å². The topological polar surface area (TPSA) is 12.4 Å². The van der Waals surface area contributed by atoms with Crippen molar-refractivity contribution in [1.82, 2.24) is 0 Å². The molecule has 23 heavy (non-hydrogen) atoms. The Morgan fingerprint density at radius 1 is 1.09 bits per heavy atom. The lowest BCUT2D eigenvalue weighted by Crippen LogP contribution is -1.85. The van der Waals surface area contributed by atoms with Gasteiger partial charge in [0.15, 0.2) is 0 Å². The summed E-state index contributed by atoms with van der Waals surface area (Å²) in [6.07, 6.45) is 7.00. The summed E-state index contributed by atoms with van der Waals surface area (Å²) in [6, 6.07) is 14.4. The second kappa shape index (κ2) is 8.23. The van der Waals surface area contributed by atoms with E-state index in [2.05, 4.69) is 31.5 Å². The van der Waals surface area contributed by atoms with Crippen molar-refractivity contribution in [3.05, 3.63) is 78.6 Å². The molecule has 2 rings (SSSR count). The van der Waals surface area contributed by atoms with Gasteiger partial charge in [0.2, 0.25) is 0 Å². The van der Waals surface area contributed by atoms with Gasteiger partial charge < -0.3 is 0 Å². The zero-order valence-electron chi connectivity index (χ0n) is 13.7. The highest BCUT2D eigenvalue weighted by Crippen LogP contribution is 2.22. The fraction of sp³-hybridized carbons (Fsp3) is 0.190. The maximum atomic E-state index is 13.0. The summed E-state index contributed by atoms with van der Waals surface area (Å²) in [5.41, 5.74) is 3.74. The molecule has 2 heteroatoms. The summed E-state index contributed by atoms with van der Waals surface area (Å²) in [7, 11) is 0. The van der Waals surface area contributed by atoms with Crippen LogP contribution >= 0.6 is 0 Å². The minimum absolute atomic E-state index is 0.224. The van der Waals surface area contributed by atoms with E-state index in [0.717, 1.165) is 28.8 Å². The van der Waals surface area contributed by atoms with Crippen molar-refractivity contribution in [3.8, 4) is 11.1 Å². The third-order valence-electron chi connectivity index (χ3n) is 3.80. The molecule has 0 saturated heterocycles. The zero-order valence-corrected chi connectivity index (χ0v) is 13.7. The van der Waals surface area contributed by atoms with E-state index in [9.17, 15) is 4.39 Å². The Balaban J connectivity index is 2.04. The quantitative estimate of drug-likeness (QED) is 0.569. The van der Waals surface area contributed by atoms with Crippen molar-refractivity contribution in [2.75, 3.05) is 0 Å². The van der Waals surface area contributed by atoms with Crippen molar-refractivity contribution in [2.45, 2.75) is 20.3 Å². The first-order valence-electron chi connectivity index (χ1n) is 7.86. The Kier molecular flexibility index (Phi) is 6.04. The molecule has 0 fully saturated rings. The Labute approximate surface area is 137 Å². The standard InChI is InChI=1S/C21H22FN/c1-4-16(2)6-5-15-23-17(3)18-7-9-19(10-8-18)20-11-13-21(22)14-12-20/h5-16H,3-4H2,1-2H3/b6-5-,23-15?. The van der Waals surface area contributed by atoms with Crippen molar-refractivity contribution >= 4 is 11.9 Å². The van der Waals surface area contributed by atoms with E-state index < -0.39 is 0 Å². The van der Waals surface area contributed by atoms with Gasteiger partial charge in [-0.3, -0.25) is 4.99 Å². The van der Waals surface area contributed by atoms with Crippen molar-refractivity contribution in [2.24, 2.45) is 10.9 Å². The Bertz CT molecular complexity index is 694. The molecule has 1 unspecified atom stereocenters. The molecule has 0 heterocycles. The number of aliphatic imine (C=N–C) groups is 1. The molecule has 0 bridgehead atoms. The largest absolute Gasteiger partial charge is 0.257 e. The van der Waals surface area contributed by atoms with Gasteiger partial charge in [0.05, 0.1) is 5.70 Å². The Morgan fingerprint density at radius 2 is 1.65 bits per heavy atom. The van der Waals surface area contributed by atoms with Gasteiger partial charge in [0, 0.05) is 6.21 Å². The van der Waals surface area contributed by atoms with Crippen LogP contribution in [0.15, 0.2) is 72.3 Å². The van der Waals surface area contributed by atoms with Gasteiger partial charge in [-0.2, -0.15) is 0 Å². The summed E-state index contributed by atoms with van der Waals surface area (Å²) in [5, 5.41) is 0. The van der Waals surface area contributed by atoms with Crippen LogP contribution in [0.3, 0.4) is 0 Å². The van der Waals surface area contributed by atoms with Gasteiger partial charge in [-0.1, -0.05) is 69.3 Å². The fourth-order valence-electron chi connectivity index (χ4n) is 2.08. The van der Waals surface area contributed by atoms with Crippen molar-refractivity contribution in [3.63, 3.8) is 0 Å². The molecule has 2 aromatic carbocycles. The van der Waals surface area contributed by atoms with E-state index in [1.807, 2.05) is 30.3 Å². The van der Waals surface area contributed by atoms with Crippen LogP contribution in [-0.4, -0.2) is 6.21 Å². The van der Waals surface area contributed by atoms with E-state index in [1.165, 1.54) is 12.1 Å². The number of halogens is 1. The molecule has 0 aliphatic heterocycles. The van der Waals surface area contributed by atoms with Gasteiger partial charge in [-0.15, -0.1) is 0 Å². The molecular weight excluding hydrogens is 285 g/mol. The van der Waals surface area contributed by atoms with Gasteiger partial charge >= 0.3 is 0 Å². The molecule has 0 amide bonds. The first-order chi connectivity index (χ1) is 11.1. The zero-order chi connectivity index (χ0) is 16.7. The lowest BCUT2D eigenvalue weighted by atomic mass is 10.0. The van der Waals surface area contributed by atoms with E-state index >= 15 is 0 Å². The third-order valence-corrected chi connectivity index (χ3v) is 3.80. The van der Waals surface area contributed by atoms with E-state index in [1.54, 1.807) is 18.3 Å². The summed E-state index contributed by atoms with van der Waals surface area (Å²) in [6.45, 7) is 8.33. The van der Waals surface area contributed by atoms with Crippen LogP contribution < -0.4 is 0 Å². The SMILES string of the molecule is C=C(N=C/C=C\C(C)CC)c1ccc(-c2ccc(F)cc2)cc1. The Morgan fingerprint density at radius 3 is 2.22 bits per heavy atom. The number of allylic oxidation sites excluding steroid dienone is 2. The fourth-order valence-corrected chi connectivity index (χ4v) is 2.08. The van der Waals surface area contributed by atoms with Crippen LogP contribution in [0, 0.1) is 11.7 Å². The number of hydrogen-bond donors (Lipinski definition) is 0. The van der Waals surface area contributed by atoms with E-state index in [-0.39, 0.29) is 5.82 Å². The van der Waals surface area contributed by atoms with Crippen LogP contribution in [0.5, 0.6) is 0 Å².